The number of alkyl halides is 2. The molecule has 1 aromatic carbocycles. The van der Waals surface area contributed by atoms with Gasteiger partial charge in [-0.15, -0.1) is 0 Å². The van der Waals surface area contributed by atoms with E-state index in [1.54, 1.807) is 24.4 Å². The molecule has 0 aromatic heterocycles. The zero-order valence-corrected chi connectivity index (χ0v) is 8.62. The molecule has 0 radical (unpaired) electrons. The lowest BCUT2D eigenvalue weighted by molar-refractivity contribution is -0.289. The Bertz CT molecular complexity index is 458. The first-order valence-corrected chi connectivity index (χ1v) is 5.30. The molecule has 1 unspecified atom stereocenters. The molecule has 1 spiro atoms. The van der Waals surface area contributed by atoms with Gasteiger partial charge >= 0.3 is 6.11 Å². The third-order valence-corrected chi connectivity index (χ3v) is 3.25. The largest absolute Gasteiger partial charge is 0.384 e. The maximum Gasteiger partial charge on any atom is 0.384 e. The molecule has 1 atom stereocenters. The van der Waals surface area contributed by atoms with Crippen molar-refractivity contribution in [2.75, 3.05) is 6.54 Å². The molecule has 84 valence electrons. The van der Waals surface area contributed by atoms with Crippen LogP contribution in [0.25, 0.3) is 0 Å². The quantitative estimate of drug-likeness (QED) is 0.662. The van der Waals surface area contributed by atoms with Gasteiger partial charge in [0.05, 0.1) is 5.56 Å². The van der Waals surface area contributed by atoms with Gasteiger partial charge in [0.1, 0.15) is 5.60 Å². The third-order valence-electron chi connectivity index (χ3n) is 3.25. The highest BCUT2D eigenvalue weighted by atomic mass is 19.3. The smallest absolute Gasteiger partial charge is 0.305 e. The van der Waals surface area contributed by atoms with E-state index in [2.05, 4.69) is 4.99 Å². The van der Waals surface area contributed by atoms with Gasteiger partial charge in [0.15, 0.2) is 0 Å². The monoisotopic (exact) mass is 223 g/mol. The number of nitrogens with zero attached hydrogens (tertiary/aromatic N) is 1. The Labute approximate surface area is 91.9 Å². The molecule has 2 aliphatic rings. The summed E-state index contributed by atoms with van der Waals surface area (Å²) in [6.07, 6.45) is -0.529. The number of fused-ring (bicyclic) bond motifs is 2. The lowest BCUT2D eigenvalue weighted by Gasteiger charge is -2.30. The van der Waals surface area contributed by atoms with Crippen molar-refractivity contribution < 1.29 is 13.5 Å². The van der Waals surface area contributed by atoms with E-state index in [4.69, 9.17) is 4.74 Å². The second-order valence-electron chi connectivity index (χ2n) is 4.20. The van der Waals surface area contributed by atoms with Crippen LogP contribution in [0.5, 0.6) is 0 Å². The first-order valence-electron chi connectivity index (χ1n) is 5.30. The van der Waals surface area contributed by atoms with Crippen molar-refractivity contribution >= 4 is 6.21 Å². The SMILES string of the molecule is FC1(F)OC2(CC=NCC2)c2ccccc21. The first-order chi connectivity index (χ1) is 7.64. The molecule has 0 saturated heterocycles. The van der Waals surface area contributed by atoms with E-state index >= 15 is 0 Å². The van der Waals surface area contributed by atoms with E-state index in [0.717, 1.165) is 0 Å². The number of halogens is 2. The number of aliphatic imine (C=N–C) groups is 1. The normalized spacial score (nSPS) is 30.6. The van der Waals surface area contributed by atoms with E-state index in [1.807, 2.05) is 0 Å². The minimum Gasteiger partial charge on any atom is -0.305 e. The molecule has 2 heterocycles. The summed E-state index contributed by atoms with van der Waals surface area (Å²) in [6, 6.07) is 6.56. The standard InChI is InChI=1S/C12H11F2NO/c13-12(14)10-4-2-1-3-9(10)11(16-12)5-7-15-8-6-11/h1-4,7H,5-6,8H2. The fourth-order valence-corrected chi connectivity index (χ4v) is 2.48. The van der Waals surface area contributed by atoms with E-state index in [-0.39, 0.29) is 5.56 Å². The van der Waals surface area contributed by atoms with E-state index in [1.165, 1.54) is 6.07 Å². The van der Waals surface area contributed by atoms with Crippen molar-refractivity contribution in [1.82, 2.24) is 0 Å². The van der Waals surface area contributed by atoms with Crippen LogP contribution >= 0.6 is 0 Å². The topological polar surface area (TPSA) is 21.6 Å². The first kappa shape index (κ1) is 9.90. The van der Waals surface area contributed by atoms with Gasteiger partial charge in [0.2, 0.25) is 0 Å². The van der Waals surface area contributed by atoms with Crippen LogP contribution in [0.3, 0.4) is 0 Å². The van der Waals surface area contributed by atoms with Crippen LogP contribution in [0.1, 0.15) is 24.0 Å². The number of ether oxygens (including phenoxy) is 1. The van der Waals surface area contributed by atoms with Gasteiger partial charge < -0.3 is 4.74 Å². The summed E-state index contributed by atoms with van der Waals surface area (Å²) in [5.74, 6) is 0. The van der Waals surface area contributed by atoms with Crippen LogP contribution in [0.2, 0.25) is 0 Å². The van der Waals surface area contributed by atoms with Crippen LogP contribution in [-0.2, 0) is 16.4 Å². The van der Waals surface area contributed by atoms with Gasteiger partial charge in [-0.05, 0) is 11.6 Å². The second-order valence-corrected chi connectivity index (χ2v) is 4.20. The van der Waals surface area contributed by atoms with Crippen LogP contribution in [-0.4, -0.2) is 12.8 Å². The molecule has 16 heavy (non-hydrogen) atoms. The Morgan fingerprint density at radius 2 is 1.94 bits per heavy atom. The van der Waals surface area contributed by atoms with Gasteiger partial charge in [-0.1, -0.05) is 18.2 Å². The summed E-state index contributed by atoms with van der Waals surface area (Å²) in [4.78, 5) is 4.07. The summed E-state index contributed by atoms with van der Waals surface area (Å²) < 4.78 is 32.4. The molecule has 0 bridgehead atoms. The van der Waals surface area contributed by atoms with Gasteiger partial charge in [-0.3, -0.25) is 4.99 Å². The van der Waals surface area contributed by atoms with Gasteiger partial charge in [0.25, 0.3) is 0 Å². The zero-order valence-electron chi connectivity index (χ0n) is 8.62. The fourth-order valence-electron chi connectivity index (χ4n) is 2.48. The van der Waals surface area contributed by atoms with Crippen molar-refractivity contribution in [3.8, 4) is 0 Å². The van der Waals surface area contributed by atoms with Crippen molar-refractivity contribution in [3.63, 3.8) is 0 Å². The average molecular weight is 223 g/mol. The summed E-state index contributed by atoms with van der Waals surface area (Å²) in [5.41, 5.74) is -0.238. The van der Waals surface area contributed by atoms with Crippen molar-refractivity contribution in [2.24, 2.45) is 4.99 Å². The number of hydrogen-bond donors (Lipinski definition) is 0. The average Bonchev–Trinajstić information content (AvgIpc) is 2.50. The number of hydrogen-bond acceptors (Lipinski definition) is 2. The zero-order chi connectivity index (χ0) is 11.2. The van der Waals surface area contributed by atoms with E-state index < -0.39 is 11.7 Å². The minimum absolute atomic E-state index is 0.00491. The molecule has 2 aliphatic heterocycles. The highest BCUT2D eigenvalue weighted by Gasteiger charge is 2.54. The Morgan fingerprint density at radius 3 is 2.62 bits per heavy atom. The van der Waals surface area contributed by atoms with Crippen LogP contribution in [0.15, 0.2) is 29.3 Å². The van der Waals surface area contributed by atoms with Crippen molar-refractivity contribution in [2.45, 2.75) is 24.6 Å². The van der Waals surface area contributed by atoms with Crippen LogP contribution in [0.4, 0.5) is 8.78 Å². The molecular weight excluding hydrogens is 212 g/mol. The predicted molar refractivity (Wildman–Crippen MR) is 55.7 cm³/mol. The van der Waals surface area contributed by atoms with Crippen molar-refractivity contribution in [3.05, 3.63) is 35.4 Å². The number of benzene rings is 1. The fraction of sp³-hybridized carbons (Fsp3) is 0.417. The van der Waals surface area contributed by atoms with Gasteiger partial charge in [0, 0.05) is 25.6 Å². The lowest BCUT2D eigenvalue weighted by atomic mass is 9.85. The summed E-state index contributed by atoms with van der Waals surface area (Å²) in [6.45, 7) is 0.546. The second kappa shape index (κ2) is 3.10. The van der Waals surface area contributed by atoms with Crippen LogP contribution < -0.4 is 0 Å². The van der Waals surface area contributed by atoms with Crippen molar-refractivity contribution in [1.29, 1.82) is 0 Å². The molecule has 0 N–H and O–H groups in total. The molecule has 0 fully saturated rings. The van der Waals surface area contributed by atoms with Crippen LogP contribution in [0, 0.1) is 0 Å². The third kappa shape index (κ3) is 1.23. The molecular formula is C12H11F2NO. The Kier molecular flexibility index (Phi) is 1.92. The lowest BCUT2D eigenvalue weighted by Crippen LogP contribution is -2.32. The molecule has 0 aliphatic carbocycles. The highest BCUT2D eigenvalue weighted by molar-refractivity contribution is 5.62. The van der Waals surface area contributed by atoms with Gasteiger partial charge in [-0.25, -0.2) is 0 Å². The molecule has 0 amide bonds. The summed E-state index contributed by atoms with van der Waals surface area (Å²) >= 11 is 0. The highest BCUT2D eigenvalue weighted by Crippen LogP contribution is 2.52. The number of rotatable bonds is 0. The maximum atomic E-state index is 13.7. The molecule has 4 heteroatoms. The molecule has 1 aromatic rings. The molecule has 3 rings (SSSR count). The summed E-state index contributed by atoms with van der Waals surface area (Å²) in [5, 5.41) is 0. The summed E-state index contributed by atoms with van der Waals surface area (Å²) in [7, 11) is 0. The Morgan fingerprint density at radius 1 is 1.19 bits per heavy atom. The maximum absolute atomic E-state index is 13.7. The minimum atomic E-state index is -3.16. The predicted octanol–water partition coefficient (Wildman–Crippen LogP) is 2.83. The van der Waals surface area contributed by atoms with Gasteiger partial charge in [-0.2, -0.15) is 8.78 Å². The molecule has 2 nitrogen and oxygen atoms in total. The molecule has 0 saturated carbocycles. The Balaban J connectivity index is 2.16. The van der Waals surface area contributed by atoms with E-state index in [0.29, 0.717) is 24.9 Å². The van der Waals surface area contributed by atoms with E-state index in [9.17, 15) is 8.78 Å². The Hall–Kier alpha value is -1.29.